The molecule has 0 aromatic heterocycles. The minimum Gasteiger partial charge on any atom is -0.430 e. The Balaban J connectivity index is 1.59. The van der Waals surface area contributed by atoms with E-state index in [1.165, 1.54) is 62.2 Å². The van der Waals surface area contributed by atoms with Gasteiger partial charge in [-0.2, -0.15) is 0 Å². The van der Waals surface area contributed by atoms with E-state index < -0.39 is 13.7 Å². The molecule has 0 aromatic carbocycles. The number of esters is 1. The normalized spacial score (nSPS) is 38.1. The van der Waals surface area contributed by atoms with Crippen molar-refractivity contribution in [3.63, 3.8) is 0 Å². The van der Waals surface area contributed by atoms with Gasteiger partial charge in [-0.3, -0.25) is 4.79 Å². The number of allylic oxidation sites excluding steroid dienone is 2. The number of carbonyl (C=O) groups excluding carboxylic acids is 1. The maximum absolute atomic E-state index is 14.2. The Morgan fingerprint density at radius 3 is 2.26 bits per heavy atom. The lowest BCUT2D eigenvalue weighted by atomic mass is 9.48. The molecule has 0 radical (unpaired) electrons. The molecule has 3 aliphatic carbocycles. The van der Waals surface area contributed by atoms with Crippen molar-refractivity contribution in [3.8, 4) is 0 Å². The highest BCUT2D eigenvalue weighted by molar-refractivity contribution is 6.73. The molecule has 0 spiro atoms. The van der Waals surface area contributed by atoms with Crippen LogP contribution in [0, 0.1) is 39.9 Å². The molecule has 0 amide bonds. The van der Waals surface area contributed by atoms with E-state index in [0.717, 1.165) is 55.6 Å². The Morgan fingerprint density at radius 1 is 0.974 bits per heavy atom. The number of ether oxygens (including phenoxy) is 1. The van der Waals surface area contributed by atoms with Gasteiger partial charge in [0, 0.05) is 17.4 Å². The first-order valence-electron chi connectivity index (χ1n) is 16.6. The number of hydrogen-bond donors (Lipinski definition) is 0. The van der Waals surface area contributed by atoms with Gasteiger partial charge in [-0.05, 0) is 98.2 Å². The fraction of sp³-hybridized carbons (Fsp3) is 0.912. The average molecular weight is 545 g/mol. The Morgan fingerprint density at radius 2 is 1.66 bits per heavy atom. The second kappa shape index (κ2) is 11.3. The molecule has 4 heteroatoms. The van der Waals surface area contributed by atoms with Crippen LogP contribution in [-0.4, -0.2) is 20.4 Å². The lowest BCUT2D eigenvalue weighted by Gasteiger charge is -2.59. The molecular formula is C34H60O3Si. The van der Waals surface area contributed by atoms with Crippen molar-refractivity contribution in [2.75, 3.05) is 0 Å². The van der Waals surface area contributed by atoms with Crippen LogP contribution in [0.15, 0.2) is 11.3 Å². The summed E-state index contributed by atoms with van der Waals surface area (Å²) in [5.41, 5.74) is 1.29. The Hall–Kier alpha value is -0.613. The van der Waals surface area contributed by atoms with E-state index in [4.69, 9.17) is 9.16 Å². The summed E-state index contributed by atoms with van der Waals surface area (Å²) in [6.45, 7) is 21.3. The minimum absolute atomic E-state index is 0.0731. The van der Waals surface area contributed by atoms with Crippen molar-refractivity contribution < 1.29 is 14.0 Å². The molecule has 0 saturated heterocycles. The van der Waals surface area contributed by atoms with E-state index in [9.17, 15) is 4.79 Å². The Kier molecular flexibility index (Phi) is 9.06. The molecular weight excluding hydrogens is 484 g/mol. The predicted octanol–water partition coefficient (Wildman–Crippen LogP) is 10.1. The van der Waals surface area contributed by atoms with Gasteiger partial charge in [-0.15, -0.1) is 0 Å². The molecule has 0 N–H and O–H groups in total. The SMILES string of the molecule is CC[C@@]12C[C@@H](O[Si](CC)(CC)CC)CC[C@]1(C)C1=C(OC2=O)[C@@H]2CC[C@H]([C@H](C)CCCC(C)C)[C@@]2(C)CC1. The maximum atomic E-state index is 14.2. The van der Waals surface area contributed by atoms with Gasteiger partial charge < -0.3 is 9.16 Å². The predicted molar refractivity (Wildman–Crippen MR) is 161 cm³/mol. The summed E-state index contributed by atoms with van der Waals surface area (Å²) in [6.07, 6.45) is 13.0. The van der Waals surface area contributed by atoms with Crippen molar-refractivity contribution in [2.45, 2.75) is 157 Å². The first-order valence-corrected chi connectivity index (χ1v) is 19.1. The summed E-state index contributed by atoms with van der Waals surface area (Å²) in [6, 6.07) is 3.51. The second-order valence-electron chi connectivity index (χ2n) is 14.8. The molecule has 7 atom stereocenters. The van der Waals surface area contributed by atoms with Crippen LogP contribution in [0.1, 0.15) is 133 Å². The zero-order chi connectivity index (χ0) is 27.9. The lowest BCUT2D eigenvalue weighted by Crippen LogP contribution is -2.58. The minimum atomic E-state index is -1.71. The highest BCUT2D eigenvalue weighted by atomic mass is 28.4. The standard InChI is InChI=1S/C34H60O3Si/c1-10-34-23-26(37-38(11-2,12-3)13-4)19-22-33(34,9)29-20-21-32(8)27(25(7)16-14-15-24(5)6)17-18-28(32)30(29)36-31(34)35/h24-28H,10-23H2,1-9H3/t25-,26+,27-,28+,32-,33-,34+/m1/s1. The lowest BCUT2D eigenvalue weighted by molar-refractivity contribution is -0.176. The molecule has 2 saturated carbocycles. The van der Waals surface area contributed by atoms with Gasteiger partial charge in [0.25, 0.3) is 0 Å². The molecule has 1 aliphatic heterocycles. The fourth-order valence-corrected chi connectivity index (χ4v) is 12.8. The first kappa shape index (κ1) is 30.3. The highest BCUT2D eigenvalue weighted by Crippen LogP contribution is 2.68. The van der Waals surface area contributed by atoms with Crippen LogP contribution in [0.3, 0.4) is 0 Å². The van der Waals surface area contributed by atoms with E-state index in [2.05, 4.69) is 62.3 Å². The van der Waals surface area contributed by atoms with Gasteiger partial charge in [-0.25, -0.2) is 0 Å². The van der Waals surface area contributed by atoms with Gasteiger partial charge in [0.15, 0.2) is 8.32 Å². The highest BCUT2D eigenvalue weighted by Gasteiger charge is 2.65. The summed E-state index contributed by atoms with van der Waals surface area (Å²) in [7, 11) is -1.71. The quantitative estimate of drug-likeness (QED) is 0.192. The van der Waals surface area contributed by atoms with Crippen molar-refractivity contribution in [3.05, 3.63) is 11.3 Å². The summed E-state index contributed by atoms with van der Waals surface area (Å²) in [5.74, 6) is 3.92. The summed E-state index contributed by atoms with van der Waals surface area (Å²) in [5, 5.41) is 0. The molecule has 38 heavy (non-hydrogen) atoms. The van der Waals surface area contributed by atoms with Crippen LogP contribution in [-0.2, 0) is 14.0 Å². The van der Waals surface area contributed by atoms with Crippen molar-refractivity contribution >= 4 is 14.3 Å². The number of fused-ring (bicyclic) bond motifs is 4. The molecule has 0 unspecified atom stereocenters. The Labute approximate surface area is 236 Å². The van der Waals surface area contributed by atoms with Gasteiger partial charge in [0.2, 0.25) is 0 Å². The van der Waals surface area contributed by atoms with Crippen molar-refractivity contribution in [2.24, 2.45) is 39.9 Å². The molecule has 0 aromatic rings. The van der Waals surface area contributed by atoms with Crippen LogP contribution in [0.25, 0.3) is 0 Å². The zero-order valence-electron chi connectivity index (χ0n) is 26.5. The Bertz CT molecular complexity index is 882. The molecule has 3 nitrogen and oxygen atoms in total. The third-order valence-electron chi connectivity index (χ3n) is 12.9. The second-order valence-corrected chi connectivity index (χ2v) is 19.5. The van der Waals surface area contributed by atoms with E-state index in [1.54, 1.807) is 0 Å². The van der Waals surface area contributed by atoms with Gasteiger partial charge in [0.05, 0.1) is 5.41 Å². The van der Waals surface area contributed by atoms with Crippen LogP contribution in [0.4, 0.5) is 0 Å². The van der Waals surface area contributed by atoms with E-state index in [-0.39, 0.29) is 22.9 Å². The average Bonchev–Trinajstić information content (AvgIpc) is 3.25. The molecule has 0 bridgehead atoms. The molecule has 2 fully saturated rings. The zero-order valence-corrected chi connectivity index (χ0v) is 27.5. The fourth-order valence-electron chi connectivity index (χ4n) is 9.93. The molecule has 4 aliphatic rings. The van der Waals surface area contributed by atoms with Crippen LogP contribution >= 0.6 is 0 Å². The smallest absolute Gasteiger partial charge is 0.318 e. The topological polar surface area (TPSA) is 35.5 Å². The largest absolute Gasteiger partial charge is 0.430 e. The van der Waals surface area contributed by atoms with E-state index >= 15 is 0 Å². The third kappa shape index (κ3) is 4.80. The first-order chi connectivity index (χ1) is 18.0. The molecule has 218 valence electrons. The van der Waals surface area contributed by atoms with Crippen molar-refractivity contribution in [1.82, 2.24) is 0 Å². The van der Waals surface area contributed by atoms with Crippen molar-refractivity contribution in [1.29, 1.82) is 0 Å². The van der Waals surface area contributed by atoms with Gasteiger partial charge in [-0.1, -0.05) is 81.6 Å². The molecule has 1 heterocycles. The van der Waals surface area contributed by atoms with E-state index in [1.807, 2.05) is 0 Å². The monoisotopic (exact) mass is 544 g/mol. The summed E-state index contributed by atoms with van der Waals surface area (Å²) < 4.78 is 13.6. The molecule has 4 rings (SSSR count). The van der Waals surface area contributed by atoms with Crippen LogP contribution in [0.2, 0.25) is 18.1 Å². The van der Waals surface area contributed by atoms with E-state index in [0.29, 0.717) is 5.92 Å². The number of hydrogen-bond acceptors (Lipinski definition) is 3. The maximum Gasteiger partial charge on any atom is 0.318 e. The van der Waals surface area contributed by atoms with Crippen LogP contribution < -0.4 is 0 Å². The summed E-state index contributed by atoms with van der Waals surface area (Å²) in [4.78, 5) is 14.2. The number of carbonyl (C=O) groups is 1. The van der Waals surface area contributed by atoms with Crippen LogP contribution in [0.5, 0.6) is 0 Å². The van der Waals surface area contributed by atoms with Gasteiger partial charge >= 0.3 is 5.97 Å². The third-order valence-corrected chi connectivity index (χ3v) is 17.6. The summed E-state index contributed by atoms with van der Waals surface area (Å²) >= 11 is 0. The number of rotatable bonds is 11. The van der Waals surface area contributed by atoms with Gasteiger partial charge in [0.1, 0.15) is 5.76 Å².